The van der Waals surface area contributed by atoms with Crippen LogP contribution in [0.25, 0.3) is 0 Å². The maximum absolute atomic E-state index is 10.5. The summed E-state index contributed by atoms with van der Waals surface area (Å²) in [4.78, 5) is 0. The van der Waals surface area contributed by atoms with Crippen LogP contribution in [0.15, 0.2) is 30.3 Å². The number of ether oxygens (including phenoxy) is 1. The van der Waals surface area contributed by atoms with E-state index in [1.165, 1.54) is 0 Å². The topological polar surface area (TPSA) is 38.7 Å². The van der Waals surface area contributed by atoms with Gasteiger partial charge in [0, 0.05) is 12.5 Å². The lowest BCUT2D eigenvalue weighted by Crippen LogP contribution is -2.52. The van der Waals surface area contributed by atoms with Crippen molar-refractivity contribution in [2.24, 2.45) is 5.92 Å². The maximum atomic E-state index is 10.5. The Morgan fingerprint density at radius 3 is 1.97 bits per heavy atom. The predicted octanol–water partition coefficient (Wildman–Crippen LogP) is 6.56. The second-order valence-electron chi connectivity index (χ2n) is 9.88. The van der Waals surface area contributed by atoms with Crippen molar-refractivity contribution in [3.05, 3.63) is 35.9 Å². The third kappa shape index (κ3) is 7.85. The van der Waals surface area contributed by atoms with Crippen molar-refractivity contribution >= 4 is 8.32 Å². The van der Waals surface area contributed by atoms with Gasteiger partial charge in [0.2, 0.25) is 8.32 Å². The van der Waals surface area contributed by atoms with Gasteiger partial charge in [0.05, 0.1) is 12.7 Å². The highest BCUT2D eigenvalue weighted by Crippen LogP contribution is 2.44. The van der Waals surface area contributed by atoms with Gasteiger partial charge in [0.1, 0.15) is 5.60 Å². The maximum Gasteiger partial charge on any atom is 0.202 e. The summed E-state index contributed by atoms with van der Waals surface area (Å²) in [6.45, 7) is 20.9. The SMILES string of the molecule is CC(C)[Si](OC(C)(C)C#C[C@@H](C)[C@@H](O)CCOCc1ccccc1)(C(C)C)C(C)C. The normalized spacial score (nSPS) is 14.7. The molecule has 0 radical (unpaired) electrons. The first kappa shape index (κ1) is 26.9. The lowest BCUT2D eigenvalue weighted by atomic mass is 10.0. The van der Waals surface area contributed by atoms with Crippen LogP contribution in [-0.2, 0) is 15.8 Å². The van der Waals surface area contributed by atoms with Crippen molar-refractivity contribution in [3.8, 4) is 11.8 Å². The summed E-state index contributed by atoms with van der Waals surface area (Å²) >= 11 is 0. The van der Waals surface area contributed by atoms with E-state index in [1.54, 1.807) is 0 Å². The molecule has 0 bridgehead atoms. The zero-order valence-corrected chi connectivity index (χ0v) is 21.7. The van der Waals surface area contributed by atoms with E-state index in [9.17, 15) is 5.11 Å². The number of rotatable bonds is 11. The Hall–Kier alpha value is -1.12. The second kappa shape index (κ2) is 12.1. The molecule has 1 N–H and O–H groups in total. The Kier molecular flexibility index (Phi) is 10.8. The number of aliphatic hydroxyl groups excluding tert-OH is 1. The summed E-state index contributed by atoms with van der Waals surface area (Å²) in [6, 6.07) is 10.1. The molecule has 2 atom stereocenters. The van der Waals surface area contributed by atoms with E-state index in [1.807, 2.05) is 37.3 Å². The number of aliphatic hydroxyl groups is 1. The summed E-state index contributed by atoms with van der Waals surface area (Å²) in [7, 11) is -2.01. The van der Waals surface area contributed by atoms with E-state index in [0.717, 1.165) is 5.56 Å². The van der Waals surface area contributed by atoms with Crippen LogP contribution in [-0.4, -0.2) is 31.7 Å². The molecule has 0 saturated heterocycles. The van der Waals surface area contributed by atoms with Gasteiger partial charge >= 0.3 is 0 Å². The van der Waals surface area contributed by atoms with Gasteiger partial charge in [0.15, 0.2) is 0 Å². The highest BCUT2D eigenvalue weighted by atomic mass is 28.4. The molecule has 0 fully saturated rings. The van der Waals surface area contributed by atoms with Crippen LogP contribution in [0.4, 0.5) is 0 Å². The minimum absolute atomic E-state index is 0.124. The molecule has 0 saturated carbocycles. The highest BCUT2D eigenvalue weighted by Gasteiger charge is 2.48. The van der Waals surface area contributed by atoms with Crippen LogP contribution in [0.1, 0.15) is 74.3 Å². The third-order valence-corrected chi connectivity index (χ3v) is 12.3. The molecule has 0 aliphatic rings. The van der Waals surface area contributed by atoms with Crippen LogP contribution in [0.5, 0.6) is 0 Å². The number of hydrogen-bond acceptors (Lipinski definition) is 3. The van der Waals surface area contributed by atoms with E-state index in [-0.39, 0.29) is 5.92 Å². The molecule has 3 nitrogen and oxygen atoms in total. The summed E-state index contributed by atoms with van der Waals surface area (Å²) < 4.78 is 12.6. The fourth-order valence-corrected chi connectivity index (χ4v) is 10.1. The minimum atomic E-state index is -2.01. The van der Waals surface area contributed by atoms with Crippen molar-refractivity contribution < 1.29 is 14.3 Å². The average Bonchev–Trinajstić information content (AvgIpc) is 2.67. The minimum Gasteiger partial charge on any atom is -0.400 e. The third-order valence-electron chi connectivity index (χ3n) is 5.99. The Balaban J connectivity index is 2.66. The van der Waals surface area contributed by atoms with Crippen LogP contribution in [0.3, 0.4) is 0 Å². The van der Waals surface area contributed by atoms with Crippen LogP contribution >= 0.6 is 0 Å². The van der Waals surface area contributed by atoms with E-state index < -0.39 is 20.0 Å². The Morgan fingerprint density at radius 1 is 0.933 bits per heavy atom. The fraction of sp³-hybridized carbons (Fsp3) is 0.692. The molecule has 4 heteroatoms. The number of hydrogen-bond donors (Lipinski definition) is 1. The quantitative estimate of drug-likeness (QED) is 0.244. The fourth-order valence-electron chi connectivity index (χ4n) is 4.42. The van der Waals surface area contributed by atoms with Gasteiger partial charge in [-0.15, -0.1) is 0 Å². The Morgan fingerprint density at radius 2 is 1.47 bits per heavy atom. The molecule has 1 rings (SSSR count). The van der Waals surface area contributed by atoms with Gasteiger partial charge < -0.3 is 14.3 Å². The van der Waals surface area contributed by atoms with Gasteiger partial charge in [-0.05, 0) is 49.4 Å². The van der Waals surface area contributed by atoms with E-state index >= 15 is 0 Å². The highest BCUT2D eigenvalue weighted by molar-refractivity contribution is 6.77. The molecule has 0 aliphatic carbocycles. The summed E-state index contributed by atoms with van der Waals surface area (Å²) in [5, 5.41) is 10.5. The van der Waals surface area contributed by atoms with Crippen LogP contribution in [0.2, 0.25) is 16.6 Å². The molecular weight excluding hydrogens is 388 g/mol. The molecule has 170 valence electrons. The molecule has 0 spiro atoms. The zero-order chi connectivity index (χ0) is 22.9. The van der Waals surface area contributed by atoms with Crippen molar-refractivity contribution in [2.45, 2.75) is 104 Å². The largest absolute Gasteiger partial charge is 0.400 e. The predicted molar refractivity (Wildman–Crippen MR) is 130 cm³/mol. The lowest BCUT2D eigenvalue weighted by Gasteiger charge is -2.46. The van der Waals surface area contributed by atoms with Crippen molar-refractivity contribution in [3.63, 3.8) is 0 Å². The summed E-state index contributed by atoms with van der Waals surface area (Å²) in [5.41, 5.74) is 2.17. The average molecular weight is 433 g/mol. The number of benzene rings is 1. The molecule has 0 aliphatic heterocycles. The molecule has 30 heavy (non-hydrogen) atoms. The summed E-state index contributed by atoms with van der Waals surface area (Å²) in [6.07, 6.45) is 0.0680. The first-order chi connectivity index (χ1) is 13.9. The lowest BCUT2D eigenvalue weighted by molar-refractivity contribution is 0.0604. The molecule has 0 heterocycles. The molecule has 0 amide bonds. The summed E-state index contributed by atoms with van der Waals surface area (Å²) in [5.74, 6) is 6.48. The smallest absolute Gasteiger partial charge is 0.202 e. The van der Waals surface area contributed by atoms with E-state index in [4.69, 9.17) is 9.16 Å². The first-order valence-corrected chi connectivity index (χ1v) is 13.6. The Bertz CT molecular complexity index is 649. The molecule has 1 aromatic rings. The molecular formula is C26H44O3Si. The molecule has 0 unspecified atom stereocenters. The van der Waals surface area contributed by atoms with Gasteiger partial charge in [-0.3, -0.25) is 0 Å². The van der Waals surface area contributed by atoms with E-state index in [0.29, 0.717) is 36.3 Å². The van der Waals surface area contributed by atoms with Crippen LogP contribution < -0.4 is 0 Å². The van der Waals surface area contributed by atoms with Gasteiger partial charge in [-0.2, -0.15) is 0 Å². The van der Waals surface area contributed by atoms with Crippen molar-refractivity contribution in [2.75, 3.05) is 6.61 Å². The molecule has 1 aromatic carbocycles. The van der Waals surface area contributed by atoms with Gasteiger partial charge in [-0.1, -0.05) is 83.7 Å². The van der Waals surface area contributed by atoms with Gasteiger partial charge in [-0.25, -0.2) is 0 Å². The van der Waals surface area contributed by atoms with Crippen LogP contribution in [0, 0.1) is 17.8 Å². The monoisotopic (exact) mass is 432 g/mol. The van der Waals surface area contributed by atoms with Crippen molar-refractivity contribution in [1.82, 2.24) is 0 Å². The standard InChI is InChI=1S/C26H44O3Si/c1-20(2)30(21(3)4,22(5)6)29-26(8,9)17-15-23(7)25(27)16-18-28-19-24-13-11-10-12-14-24/h10-14,20-23,25,27H,16,18-19H2,1-9H3/t23-,25+/m1/s1. The van der Waals surface area contributed by atoms with Crippen molar-refractivity contribution in [1.29, 1.82) is 0 Å². The van der Waals surface area contributed by atoms with Gasteiger partial charge in [0.25, 0.3) is 0 Å². The zero-order valence-electron chi connectivity index (χ0n) is 20.7. The first-order valence-electron chi connectivity index (χ1n) is 11.4. The second-order valence-corrected chi connectivity index (χ2v) is 15.3. The van der Waals surface area contributed by atoms with E-state index in [2.05, 4.69) is 67.2 Å². The molecule has 0 aromatic heterocycles. The Labute approximate surface area is 186 Å².